The topological polar surface area (TPSA) is 59.6 Å². The van der Waals surface area contributed by atoms with Crippen LogP contribution in [0.2, 0.25) is 0 Å². The molecular formula is C18H22N2O3S. The number of urea groups is 1. The first-order chi connectivity index (χ1) is 11.8. The van der Waals surface area contributed by atoms with E-state index in [1.54, 1.807) is 31.0 Å². The van der Waals surface area contributed by atoms with Crippen molar-refractivity contribution in [3.8, 4) is 5.75 Å². The number of carbonyl (C=O) groups is 1. The van der Waals surface area contributed by atoms with Crippen LogP contribution in [0.15, 0.2) is 59.5 Å². The van der Waals surface area contributed by atoms with Gasteiger partial charge < -0.3 is 20.1 Å². The van der Waals surface area contributed by atoms with E-state index in [-0.39, 0.29) is 6.03 Å². The van der Waals surface area contributed by atoms with Crippen molar-refractivity contribution in [2.45, 2.75) is 4.90 Å². The summed E-state index contributed by atoms with van der Waals surface area (Å²) < 4.78 is 10.4. The van der Waals surface area contributed by atoms with Gasteiger partial charge in [0.1, 0.15) is 12.4 Å². The average Bonchev–Trinajstić information content (AvgIpc) is 2.61. The lowest BCUT2D eigenvalue weighted by Crippen LogP contribution is -2.30. The molecule has 0 radical (unpaired) electrons. The Bertz CT molecular complexity index is 605. The van der Waals surface area contributed by atoms with E-state index in [2.05, 4.69) is 22.8 Å². The van der Waals surface area contributed by atoms with Gasteiger partial charge in [0, 0.05) is 30.0 Å². The van der Waals surface area contributed by atoms with Crippen molar-refractivity contribution in [1.29, 1.82) is 0 Å². The average molecular weight is 346 g/mol. The molecule has 0 saturated heterocycles. The van der Waals surface area contributed by atoms with Gasteiger partial charge in [0.25, 0.3) is 0 Å². The third-order valence-corrected chi connectivity index (χ3v) is 4.08. The highest BCUT2D eigenvalue weighted by Crippen LogP contribution is 2.16. The van der Waals surface area contributed by atoms with Crippen LogP contribution in [0, 0.1) is 0 Å². The van der Waals surface area contributed by atoms with Crippen molar-refractivity contribution in [3.05, 3.63) is 54.6 Å². The number of nitrogens with one attached hydrogen (secondary N) is 2. The van der Waals surface area contributed by atoms with Crippen LogP contribution in [-0.2, 0) is 4.74 Å². The summed E-state index contributed by atoms with van der Waals surface area (Å²) in [4.78, 5) is 13.0. The molecule has 0 bridgehead atoms. The van der Waals surface area contributed by atoms with Gasteiger partial charge >= 0.3 is 6.03 Å². The Hall–Kier alpha value is -2.18. The maximum Gasteiger partial charge on any atom is 0.319 e. The summed E-state index contributed by atoms with van der Waals surface area (Å²) in [6, 6.07) is 17.1. The number of rotatable bonds is 9. The minimum atomic E-state index is -0.211. The molecule has 2 aromatic rings. The lowest BCUT2D eigenvalue weighted by Gasteiger charge is -2.09. The van der Waals surface area contributed by atoms with E-state index in [0.29, 0.717) is 19.8 Å². The van der Waals surface area contributed by atoms with Crippen LogP contribution in [0.5, 0.6) is 5.75 Å². The Morgan fingerprint density at radius 1 is 1.04 bits per heavy atom. The number of anilines is 1. The van der Waals surface area contributed by atoms with Crippen LogP contribution in [-0.4, -0.2) is 38.7 Å². The van der Waals surface area contributed by atoms with Gasteiger partial charge in [0.15, 0.2) is 0 Å². The fraction of sp³-hybridized carbons (Fsp3) is 0.278. The molecule has 128 valence electrons. The number of amides is 2. The second kappa shape index (κ2) is 10.6. The summed E-state index contributed by atoms with van der Waals surface area (Å²) in [5, 5.41) is 5.63. The summed E-state index contributed by atoms with van der Waals surface area (Å²) in [6.45, 7) is 1.65. The molecule has 2 aromatic carbocycles. The third kappa shape index (κ3) is 6.93. The Morgan fingerprint density at radius 3 is 2.50 bits per heavy atom. The third-order valence-electron chi connectivity index (χ3n) is 3.07. The fourth-order valence-electron chi connectivity index (χ4n) is 1.90. The predicted octanol–water partition coefficient (Wildman–Crippen LogP) is 3.63. The van der Waals surface area contributed by atoms with Gasteiger partial charge in [-0.2, -0.15) is 0 Å². The summed E-state index contributed by atoms with van der Waals surface area (Å²) >= 11 is 1.71. The first-order valence-electron chi connectivity index (χ1n) is 7.72. The number of ether oxygens (including phenoxy) is 2. The Labute approximate surface area is 146 Å². The Morgan fingerprint density at radius 2 is 1.79 bits per heavy atom. The van der Waals surface area contributed by atoms with E-state index in [1.807, 2.05) is 30.3 Å². The minimum Gasteiger partial charge on any atom is -0.491 e. The number of thioether (sulfide) groups is 1. The maximum atomic E-state index is 11.8. The van der Waals surface area contributed by atoms with Gasteiger partial charge in [-0.25, -0.2) is 4.79 Å². The van der Waals surface area contributed by atoms with Gasteiger partial charge in [-0.15, -0.1) is 11.8 Å². The van der Waals surface area contributed by atoms with Crippen molar-refractivity contribution in [1.82, 2.24) is 5.32 Å². The Balaban J connectivity index is 1.64. The molecule has 2 N–H and O–H groups in total. The quantitative estimate of drug-likeness (QED) is 0.538. The molecule has 2 amide bonds. The van der Waals surface area contributed by atoms with Crippen LogP contribution in [0.1, 0.15) is 0 Å². The molecular weight excluding hydrogens is 324 g/mol. The molecule has 0 heterocycles. The van der Waals surface area contributed by atoms with Crippen LogP contribution in [0.25, 0.3) is 0 Å². The number of benzene rings is 2. The highest BCUT2D eigenvalue weighted by atomic mass is 32.2. The predicted molar refractivity (Wildman–Crippen MR) is 98.0 cm³/mol. The lowest BCUT2D eigenvalue weighted by molar-refractivity contribution is 0.146. The maximum absolute atomic E-state index is 11.8. The largest absolute Gasteiger partial charge is 0.491 e. The molecule has 2 rings (SSSR count). The van der Waals surface area contributed by atoms with Crippen molar-refractivity contribution < 1.29 is 14.3 Å². The molecule has 0 unspecified atom stereocenters. The smallest absolute Gasteiger partial charge is 0.319 e. The van der Waals surface area contributed by atoms with Crippen molar-refractivity contribution in [3.63, 3.8) is 0 Å². The number of hydrogen-bond donors (Lipinski definition) is 2. The number of methoxy groups -OCH3 is 1. The molecule has 0 aromatic heterocycles. The monoisotopic (exact) mass is 346 g/mol. The van der Waals surface area contributed by atoms with E-state index < -0.39 is 0 Å². The van der Waals surface area contributed by atoms with E-state index in [0.717, 1.165) is 17.2 Å². The highest BCUT2D eigenvalue weighted by molar-refractivity contribution is 7.99. The number of carbonyl (C=O) groups excluding carboxylic acids is 1. The molecule has 24 heavy (non-hydrogen) atoms. The van der Waals surface area contributed by atoms with Gasteiger partial charge in [0.05, 0.1) is 6.61 Å². The van der Waals surface area contributed by atoms with Crippen LogP contribution in [0.4, 0.5) is 10.5 Å². The summed E-state index contributed by atoms with van der Waals surface area (Å²) in [7, 11) is 1.63. The van der Waals surface area contributed by atoms with E-state index in [4.69, 9.17) is 9.47 Å². The SMILES string of the molecule is COCCOc1ccc(NC(=O)NCCSc2ccccc2)cc1. The molecule has 0 atom stereocenters. The molecule has 0 aliphatic heterocycles. The second-order valence-corrected chi connectivity index (χ2v) is 6.08. The molecule has 0 saturated carbocycles. The van der Waals surface area contributed by atoms with Crippen LogP contribution < -0.4 is 15.4 Å². The van der Waals surface area contributed by atoms with E-state index in [9.17, 15) is 4.79 Å². The standard InChI is InChI=1S/C18H22N2O3S/c1-22-12-13-23-16-9-7-15(8-10-16)20-18(21)19-11-14-24-17-5-3-2-4-6-17/h2-10H,11-14H2,1H3,(H2,19,20,21). The molecule has 0 aliphatic carbocycles. The summed E-state index contributed by atoms with van der Waals surface area (Å²) in [5.41, 5.74) is 0.724. The lowest BCUT2D eigenvalue weighted by atomic mass is 10.3. The number of hydrogen-bond acceptors (Lipinski definition) is 4. The van der Waals surface area contributed by atoms with Crippen molar-refractivity contribution in [2.75, 3.05) is 37.9 Å². The zero-order chi connectivity index (χ0) is 17.0. The zero-order valence-corrected chi connectivity index (χ0v) is 14.5. The molecule has 6 heteroatoms. The van der Waals surface area contributed by atoms with Crippen molar-refractivity contribution in [2.24, 2.45) is 0 Å². The van der Waals surface area contributed by atoms with Gasteiger partial charge in [0.2, 0.25) is 0 Å². The van der Waals surface area contributed by atoms with Gasteiger partial charge in [-0.05, 0) is 36.4 Å². The molecule has 5 nitrogen and oxygen atoms in total. The van der Waals surface area contributed by atoms with Crippen LogP contribution in [0.3, 0.4) is 0 Å². The highest BCUT2D eigenvalue weighted by Gasteiger charge is 2.02. The molecule has 0 spiro atoms. The first-order valence-corrected chi connectivity index (χ1v) is 8.71. The minimum absolute atomic E-state index is 0.211. The first kappa shape index (κ1) is 18.2. The van der Waals surface area contributed by atoms with Gasteiger partial charge in [-0.1, -0.05) is 18.2 Å². The van der Waals surface area contributed by atoms with Crippen LogP contribution >= 0.6 is 11.8 Å². The second-order valence-electron chi connectivity index (χ2n) is 4.91. The zero-order valence-electron chi connectivity index (χ0n) is 13.7. The molecule has 0 fully saturated rings. The fourth-order valence-corrected chi connectivity index (χ4v) is 2.69. The normalized spacial score (nSPS) is 10.2. The molecule has 0 aliphatic rings. The Kier molecular flexibility index (Phi) is 8.00. The van der Waals surface area contributed by atoms with Gasteiger partial charge in [-0.3, -0.25) is 0 Å². The van der Waals surface area contributed by atoms with E-state index >= 15 is 0 Å². The van der Waals surface area contributed by atoms with Crippen molar-refractivity contribution >= 4 is 23.5 Å². The summed E-state index contributed by atoms with van der Waals surface area (Å²) in [5.74, 6) is 1.57. The van der Waals surface area contributed by atoms with E-state index in [1.165, 1.54) is 4.90 Å². The summed E-state index contributed by atoms with van der Waals surface area (Å²) in [6.07, 6.45) is 0.